The predicted molar refractivity (Wildman–Crippen MR) is 154 cm³/mol. The fourth-order valence-electron chi connectivity index (χ4n) is 5.22. The monoisotopic (exact) mass is 614 g/mol. The number of nitrogens with one attached hydrogen (secondary N) is 2. The third kappa shape index (κ3) is 6.40. The lowest BCUT2D eigenvalue weighted by molar-refractivity contribution is -0.300. The van der Waals surface area contributed by atoms with Crippen LogP contribution in [0.25, 0.3) is 0 Å². The van der Waals surface area contributed by atoms with E-state index in [0.29, 0.717) is 33.9 Å². The second kappa shape index (κ2) is 12.8. The second-order valence-corrected chi connectivity index (χ2v) is 10.6. The van der Waals surface area contributed by atoms with Crippen LogP contribution in [-0.2, 0) is 14.3 Å². The van der Waals surface area contributed by atoms with Gasteiger partial charge in [-0.25, -0.2) is 4.79 Å². The van der Waals surface area contributed by atoms with E-state index >= 15 is 0 Å². The van der Waals surface area contributed by atoms with Crippen molar-refractivity contribution in [2.24, 2.45) is 0 Å². The first-order valence-electron chi connectivity index (χ1n) is 13.4. The largest absolute Gasteiger partial charge is 0.508 e. The number of hydrogen-bond acceptors (Lipinski definition) is 11. The third-order valence-corrected chi connectivity index (χ3v) is 7.58. The van der Waals surface area contributed by atoms with Crippen LogP contribution in [0.2, 0.25) is 0 Å². The molecule has 1 aliphatic carbocycles. The SMILES string of the molecule is O=C1C=CC2=C(C1)Oc1cc(O)ccc1[C@@H]2c1ccc(NC(=S)NCCO[C@H]2O[C@H](CO)[C@H](O)[C@H](O)[C@H]2O)cc1C(=O)O. The van der Waals surface area contributed by atoms with Crippen molar-refractivity contribution >= 4 is 34.8 Å². The standard InChI is InChI=1S/C29H30N2O11S/c32-12-22-24(35)25(36)26(37)28(42-22)40-8-7-30-29(43)31-13-1-4-16(19(9-13)27(38)39)23-17-5-2-14(33)10-20(17)41-21-11-15(34)3-6-18(21)23/h1-6,9-10,22-26,28,32-33,35-37H,7-8,11-12H2,(H,38,39)(H2,30,31,43)/t22-,23+,24+,25+,26-,28+/m1/s1. The van der Waals surface area contributed by atoms with Crippen LogP contribution in [0, 0.1) is 0 Å². The van der Waals surface area contributed by atoms with Gasteiger partial charge in [-0.15, -0.1) is 0 Å². The highest BCUT2D eigenvalue weighted by Gasteiger charge is 2.44. The number of phenolic OH excluding ortho intramolecular Hbond substituents is 1. The first kappa shape index (κ1) is 30.6. The van der Waals surface area contributed by atoms with Gasteiger partial charge in [-0.3, -0.25) is 4.79 Å². The number of ether oxygens (including phenoxy) is 3. The van der Waals surface area contributed by atoms with E-state index in [0.717, 1.165) is 0 Å². The quantitative estimate of drug-likeness (QED) is 0.151. The number of aromatic hydroxyl groups is 1. The number of aliphatic hydroxyl groups excluding tert-OH is 4. The molecule has 1 saturated heterocycles. The van der Waals surface area contributed by atoms with Crippen molar-refractivity contribution in [2.45, 2.75) is 43.0 Å². The van der Waals surface area contributed by atoms with E-state index in [-0.39, 0.29) is 41.8 Å². The van der Waals surface area contributed by atoms with Crippen molar-refractivity contribution in [3.63, 3.8) is 0 Å². The van der Waals surface area contributed by atoms with Crippen molar-refractivity contribution in [3.8, 4) is 11.5 Å². The van der Waals surface area contributed by atoms with E-state index in [2.05, 4.69) is 10.6 Å². The van der Waals surface area contributed by atoms with Gasteiger partial charge >= 0.3 is 5.97 Å². The van der Waals surface area contributed by atoms with Gasteiger partial charge in [0.15, 0.2) is 17.2 Å². The van der Waals surface area contributed by atoms with E-state index in [4.69, 9.17) is 26.4 Å². The van der Waals surface area contributed by atoms with Crippen molar-refractivity contribution in [1.29, 1.82) is 0 Å². The molecule has 14 heteroatoms. The Hall–Kier alpha value is -3.89. The van der Waals surface area contributed by atoms with E-state index in [1.54, 1.807) is 24.3 Å². The molecule has 13 nitrogen and oxygen atoms in total. The summed E-state index contributed by atoms with van der Waals surface area (Å²) in [5.41, 5.74) is 2.11. The summed E-state index contributed by atoms with van der Waals surface area (Å²) in [6.45, 7) is -0.470. The van der Waals surface area contributed by atoms with Gasteiger partial charge in [0.25, 0.3) is 0 Å². The number of phenols is 1. The van der Waals surface area contributed by atoms with Gasteiger partial charge in [0.2, 0.25) is 0 Å². The molecule has 5 rings (SSSR count). The number of benzene rings is 2. The number of allylic oxidation sites excluding steroid dienone is 4. The Morgan fingerprint density at radius 1 is 1.05 bits per heavy atom. The molecule has 0 bridgehead atoms. The topological polar surface area (TPSA) is 207 Å². The number of fused-ring (bicyclic) bond motifs is 1. The number of aromatic carboxylic acids is 1. The van der Waals surface area contributed by atoms with E-state index in [9.17, 15) is 40.2 Å². The van der Waals surface area contributed by atoms with Crippen molar-refractivity contribution < 1.29 is 54.4 Å². The summed E-state index contributed by atoms with van der Waals surface area (Å²) >= 11 is 5.32. The third-order valence-electron chi connectivity index (χ3n) is 7.33. The van der Waals surface area contributed by atoms with Crippen LogP contribution in [0.3, 0.4) is 0 Å². The summed E-state index contributed by atoms with van der Waals surface area (Å²) in [4.78, 5) is 24.5. The number of anilines is 1. The molecule has 0 unspecified atom stereocenters. The highest BCUT2D eigenvalue weighted by molar-refractivity contribution is 7.80. The lowest BCUT2D eigenvalue weighted by Crippen LogP contribution is -2.59. The maximum absolute atomic E-state index is 12.4. The van der Waals surface area contributed by atoms with Crippen LogP contribution in [0.15, 0.2) is 59.9 Å². The average molecular weight is 615 g/mol. The normalized spacial score (nSPS) is 26.3. The molecule has 8 N–H and O–H groups in total. The second-order valence-electron chi connectivity index (χ2n) is 10.2. The highest BCUT2D eigenvalue weighted by Crippen LogP contribution is 2.47. The molecule has 0 radical (unpaired) electrons. The number of thiocarbonyl (C=S) groups is 1. The Bertz CT molecular complexity index is 1490. The summed E-state index contributed by atoms with van der Waals surface area (Å²) in [7, 11) is 0. The Morgan fingerprint density at radius 2 is 1.81 bits per heavy atom. The zero-order chi connectivity index (χ0) is 30.8. The van der Waals surface area contributed by atoms with E-state index < -0.39 is 49.2 Å². The Labute approximate surface area is 250 Å². The van der Waals surface area contributed by atoms with Crippen molar-refractivity contribution in [2.75, 3.05) is 25.1 Å². The van der Waals surface area contributed by atoms with Gasteiger partial charge in [0.1, 0.15) is 41.7 Å². The number of carboxylic acids is 1. The fourth-order valence-corrected chi connectivity index (χ4v) is 5.44. The molecule has 2 aliphatic heterocycles. The fraction of sp³-hybridized carbons (Fsp3) is 0.345. The summed E-state index contributed by atoms with van der Waals surface area (Å²) in [6.07, 6.45) is -3.87. The lowest BCUT2D eigenvalue weighted by Gasteiger charge is -2.39. The molecule has 6 atom stereocenters. The molecule has 0 aromatic heterocycles. The molecule has 0 spiro atoms. The van der Waals surface area contributed by atoms with Crippen LogP contribution in [-0.4, -0.2) is 98.0 Å². The van der Waals surface area contributed by atoms with E-state index in [1.165, 1.54) is 24.3 Å². The molecule has 0 saturated carbocycles. The number of ketones is 1. The Morgan fingerprint density at radius 3 is 2.56 bits per heavy atom. The van der Waals surface area contributed by atoms with Crippen molar-refractivity contribution in [3.05, 3.63) is 76.6 Å². The minimum atomic E-state index is -1.56. The molecular formula is C29H30N2O11S. The minimum absolute atomic E-state index is 0.0122. The molecule has 228 valence electrons. The van der Waals surface area contributed by atoms with Crippen LogP contribution >= 0.6 is 12.2 Å². The van der Waals surface area contributed by atoms with Gasteiger partial charge in [0.05, 0.1) is 25.2 Å². The summed E-state index contributed by atoms with van der Waals surface area (Å²) in [5, 5.41) is 65.2. The number of carbonyl (C=O) groups is 2. The molecule has 2 aromatic carbocycles. The predicted octanol–water partition coefficient (Wildman–Crippen LogP) is 0.501. The minimum Gasteiger partial charge on any atom is -0.508 e. The number of rotatable bonds is 8. The maximum atomic E-state index is 12.4. The molecule has 2 aromatic rings. The molecule has 3 aliphatic rings. The molecular weight excluding hydrogens is 584 g/mol. The lowest BCUT2D eigenvalue weighted by atomic mass is 9.78. The van der Waals surface area contributed by atoms with Crippen LogP contribution in [0.1, 0.15) is 33.8 Å². The van der Waals surface area contributed by atoms with Crippen LogP contribution in [0.5, 0.6) is 11.5 Å². The molecule has 43 heavy (non-hydrogen) atoms. The number of carbonyl (C=O) groups excluding carboxylic acids is 1. The zero-order valence-electron chi connectivity index (χ0n) is 22.5. The maximum Gasteiger partial charge on any atom is 0.336 e. The summed E-state index contributed by atoms with van der Waals surface area (Å²) in [6, 6.07) is 9.32. The summed E-state index contributed by atoms with van der Waals surface area (Å²) in [5.74, 6) is -1.22. The number of hydrogen-bond donors (Lipinski definition) is 8. The average Bonchev–Trinajstić information content (AvgIpc) is 2.97. The molecule has 0 amide bonds. The van der Waals surface area contributed by atoms with Gasteiger partial charge in [-0.05, 0) is 42.1 Å². The van der Waals surface area contributed by atoms with Gasteiger partial charge < -0.3 is 55.5 Å². The van der Waals surface area contributed by atoms with Crippen molar-refractivity contribution in [1.82, 2.24) is 5.32 Å². The van der Waals surface area contributed by atoms with Gasteiger partial charge in [-0.2, -0.15) is 0 Å². The highest BCUT2D eigenvalue weighted by atomic mass is 32.1. The molecule has 2 heterocycles. The van der Waals surface area contributed by atoms with Crippen LogP contribution < -0.4 is 15.4 Å². The van der Waals surface area contributed by atoms with Crippen LogP contribution in [0.4, 0.5) is 5.69 Å². The number of carboxylic acid groups (broad SMARTS) is 1. The van der Waals surface area contributed by atoms with Gasteiger partial charge in [0, 0.05) is 35.4 Å². The first-order valence-corrected chi connectivity index (χ1v) is 13.8. The Kier molecular flexibility index (Phi) is 9.08. The van der Waals surface area contributed by atoms with E-state index in [1.807, 2.05) is 0 Å². The summed E-state index contributed by atoms with van der Waals surface area (Å²) < 4.78 is 16.6. The smallest absolute Gasteiger partial charge is 0.336 e. The molecule has 1 fully saturated rings. The first-order chi connectivity index (χ1) is 20.6. The zero-order valence-corrected chi connectivity index (χ0v) is 23.4. The number of aliphatic hydroxyl groups is 4. The van der Waals surface area contributed by atoms with Gasteiger partial charge in [-0.1, -0.05) is 18.2 Å². The Balaban J connectivity index is 1.28.